The third-order valence-electron chi connectivity index (χ3n) is 3.50. The Morgan fingerprint density at radius 2 is 1.77 bits per heavy atom. The van der Waals surface area contributed by atoms with Crippen molar-refractivity contribution in [1.82, 2.24) is 5.16 Å². The molecule has 0 unspecified atom stereocenters. The van der Waals surface area contributed by atoms with E-state index in [9.17, 15) is 21.6 Å². The molecule has 3 rings (SSSR count). The first-order valence-electron chi connectivity index (χ1n) is 7.30. The van der Waals surface area contributed by atoms with Crippen LogP contribution in [-0.2, 0) is 16.2 Å². The molecule has 0 atom stereocenters. The highest BCUT2D eigenvalue weighted by Gasteiger charge is 2.30. The van der Waals surface area contributed by atoms with Crippen molar-refractivity contribution < 1.29 is 26.1 Å². The van der Waals surface area contributed by atoms with Gasteiger partial charge in [0.15, 0.2) is 5.76 Å². The number of hydrogen-bond acceptors (Lipinski definition) is 5. The predicted molar refractivity (Wildman–Crippen MR) is 91.5 cm³/mol. The smallest absolute Gasteiger partial charge is 0.355 e. The molecule has 1 aromatic carbocycles. The van der Waals surface area contributed by atoms with Crippen molar-refractivity contribution in [2.45, 2.75) is 24.9 Å². The minimum Gasteiger partial charge on any atom is -0.355 e. The quantitative estimate of drug-likeness (QED) is 0.678. The first kappa shape index (κ1) is 18.5. The van der Waals surface area contributed by atoms with E-state index in [0.29, 0.717) is 21.2 Å². The number of rotatable bonds is 4. The molecule has 0 aliphatic carbocycles. The molecule has 10 heteroatoms. The van der Waals surface area contributed by atoms with Crippen LogP contribution < -0.4 is 4.72 Å². The first-order valence-corrected chi connectivity index (χ1v) is 9.60. The second-order valence-electron chi connectivity index (χ2n) is 5.54. The Morgan fingerprint density at radius 1 is 1.12 bits per heavy atom. The molecular weight excluding hydrogens is 389 g/mol. The van der Waals surface area contributed by atoms with Crippen molar-refractivity contribution >= 4 is 27.0 Å². The number of benzene rings is 1. The lowest BCUT2D eigenvalue weighted by atomic mass is 10.2. The van der Waals surface area contributed by atoms with Crippen molar-refractivity contribution in [2.24, 2.45) is 0 Å². The van der Waals surface area contributed by atoms with E-state index in [4.69, 9.17) is 4.52 Å². The molecule has 3 aromatic rings. The van der Waals surface area contributed by atoms with Gasteiger partial charge in [0, 0.05) is 16.6 Å². The molecule has 0 spiro atoms. The van der Waals surface area contributed by atoms with E-state index in [-0.39, 0.29) is 10.6 Å². The van der Waals surface area contributed by atoms with Gasteiger partial charge in [0.1, 0.15) is 4.90 Å². The average Bonchev–Trinajstić information content (AvgIpc) is 3.13. The summed E-state index contributed by atoms with van der Waals surface area (Å²) in [6.07, 6.45) is -4.48. The number of thiophene rings is 1. The van der Waals surface area contributed by atoms with Gasteiger partial charge in [-0.15, -0.1) is 11.3 Å². The normalized spacial score (nSPS) is 12.3. The number of sulfonamides is 1. The van der Waals surface area contributed by atoms with Crippen molar-refractivity contribution in [3.63, 3.8) is 0 Å². The van der Waals surface area contributed by atoms with Gasteiger partial charge in [-0.2, -0.15) is 13.2 Å². The summed E-state index contributed by atoms with van der Waals surface area (Å²) in [5, 5.41) is 3.76. The molecule has 1 N–H and O–H groups in total. The van der Waals surface area contributed by atoms with Gasteiger partial charge in [0.05, 0.1) is 16.1 Å². The highest BCUT2D eigenvalue weighted by Crippen LogP contribution is 2.35. The maximum atomic E-state index is 12.6. The lowest BCUT2D eigenvalue weighted by Crippen LogP contribution is -2.13. The molecule has 0 aliphatic heterocycles. The molecule has 0 radical (unpaired) electrons. The lowest BCUT2D eigenvalue weighted by molar-refractivity contribution is -0.137. The molecule has 2 aromatic heterocycles. The van der Waals surface area contributed by atoms with Gasteiger partial charge in [-0.3, -0.25) is 4.72 Å². The number of nitrogens with one attached hydrogen (secondary N) is 1. The maximum absolute atomic E-state index is 12.6. The summed E-state index contributed by atoms with van der Waals surface area (Å²) in [7, 11) is -3.96. The third-order valence-corrected chi connectivity index (χ3v) is 6.20. The van der Waals surface area contributed by atoms with Gasteiger partial charge in [0.25, 0.3) is 10.0 Å². The van der Waals surface area contributed by atoms with E-state index >= 15 is 0 Å². The number of alkyl halides is 3. The monoisotopic (exact) mass is 402 g/mol. The summed E-state index contributed by atoms with van der Waals surface area (Å²) < 4.78 is 70.4. The molecule has 0 bridgehead atoms. The van der Waals surface area contributed by atoms with E-state index in [1.807, 2.05) is 0 Å². The Labute approximate surface area is 151 Å². The Hall–Kier alpha value is -2.33. The lowest BCUT2D eigenvalue weighted by Gasteiger charge is -2.10. The highest BCUT2D eigenvalue weighted by atomic mass is 32.2. The van der Waals surface area contributed by atoms with Crippen LogP contribution in [0.15, 0.2) is 45.8 Å². The van der Waals surface area contributed by atoms with Crippen LogP contribution in [0.25, 0.3) is 10.6 Å². The first-order chi connectivity index (χ1) is 12.1. The summed E-state index contributed by atoms with van der Waals surface area (Å²) in [6, 6.07) is 6.92. The molecular formula is C16H13F3N2O3S2. The summed E-state index contributed by atoms with van der Waals surface area (Å²) in [5.41, 5.74) is -0.144. The summed E-state index contributed by atoms with van der Waals surface area (Å²) >= 11 is 1.22. The molecule has 0 aliphatic rings. The molecule has 2 heterocycles. The average molecular weight is 402 g/mol. The Balaban J connectivity index is 1.88. The fraction of sp³-hybridized carbons (Fsp3) is 0.188. The summed E-state index contributed by atoms with van der Waals surface area (Å²) in [4.78, 5) is 1.15. The Bertz CT molecular complexity index is 1040. The second-order valence-corrected chi connectivity index (χ2v) is 8.45. The van der Waals surface area contributed by atoms with E-state index in [0.717, 1.165) is 24.3 Å². The van der Waals surface area contributed by atoms with Gasteiger partial charge < -0.3 is 4.52 Å². The zero-order valence-corrected chi connectivity index (χ0v) is 15.2. The van der Waals surface area contributed by atoms with Gasteiger partial charge in [-0.05, 0) is 44.2 Å². The van der Waals surface area contributed by atoms with Gasteiger partial charge in [-0.1, -0.05) is 5.16 Å². The number of aryl methyl sites for hydroxylation is 2. The van der Waals surface area contributed by atoms with E-state index in [2.05, 4.69) is 9.88 Å². The molecule has 0 amide bonds. The number of anilines is 1. The fourth-order valence-electron chi connectivity index (χ4n) is 2.27. The van der Waals surface area contributed by atoms with Crippen LogP contribution in [0.3, 0.4) is 0 Å². The van der Waals surface area contributed by atoms with E-state index < -0.39 is 21.8 Å². The molecule has 0 saturated heterocycles. The van der Waals surface area contributed by atoms with Crippen molar-refractivity contribution in [2.75, 3.05) is 4.72 Å². The summed E-state index contributed by atoms with van der Waals surface area (Å²) in [5.74, 6) is 0.451. The van der Waals surface area contributed by atoms with Crippen LogP contribution in [0.4, 0.5) is 18.9 Å². The topological polar surface area (TPSA) is 72.2 Å². The standard InChI is InChI=1S/C16H13F3N2O3S2/c1-9-7-13(24-20-9)14-8-15(10(2)25-14)26(22,23)21-12-5-3-11(4-6-12)16(17,18)19/h3-8,21H,1-2H3. The van der Waals surface area contributed by atoms with Crippen LogP contribution in [0.5, 0.6) is 0 Å². The molecule has 0 fully saturated rings. The molecule has 5 nitrogen and oxygen atoms in total. The van der Waals surface area contributed by atoms with Crippen LogP contribution in [0, 0.1) is 13.8 Å². The van der Waals surface area contributed by atoms with Gasteiger partial charge >= 0.3 is 6.18 Å². The molecule has 0 saturated carbocycles. The number of nitrogens with zero attached hydrogens (tertiary/aromatic N) is 1. The van der Waals surface area contributed by atoms with E-state index in [1.54, 1.807) is 19.9 Å². The zero-order valence-electron chi connectivity index (χ0n) is 13.6. The Morgan fingerprint density at radius 3 is 2.31 bits per heavy atom. The maximum Gasteiger partial charge on any atom is 0.416 e. The summed E-state index contributed by atoms with van der Waals surface area (Å²) in [6.45, 7) is 3.38. The number of hydrogen-bond donors (Lipinski definition) is 1. The molecule has 26 heavy (non-hydrogen) atoms. The van der Waals surface area contributed by atoms with Gasteiger partial charge in [0.2, 0.25) is 0 Å². The predicted octanol–water partition coefficient (Wildman–Crippen LogP) is 4.84. The van der Waals surface area contributed by atoms with Crippen LogP contribution >= 0.6 is 11.3 Å². The fourth-order valence-corrected chi connectivity index (χ4v) is 4.87. The van der Waals surface area contributed by atoms with Crippen LogP contribution in [0.2, 0.25) is 0 Å². The van der Waals surface area contributed by atoms with E-state index in [1.165, 1.54) is 17.4 Å². The number of halogens is 3. The minimum atomic E-state index is -4.48. The minimum absolute atomic E-state index is 0.0338. The van der Waals surface area contributed by atoms with Crippen LogP contribution in [-0.4, -0.2) is 13.6 Å². The zero-order chi connectivity index (χ0) is 19.1. The SMILES string of the molecule is Cc1cc(-c2cc(S(=O)(=O)Nc3ccc(C(F)(F)F)cc3)c(C)s2)on1. The van der Waals surface area contributed by atoms with Crippen molar-refractivity contribution in [1.29, 1.82) is 0 Å². The molecule has 138 valence electrons. The second kappa shape index (κ2) is 6.44. The van der Waals surface area contributed by atoms with Crippen molar-refractivity contribution in [3.8, 4) is 10.6 Å². The van der Waals surface area contributed by atoms with Gasteiger partial charge in [-0.25, -0.2) is 8.42 Å². The largest absolute Gasteiger partial charge is 0.416 e. The highest BCUT2D eigenvalue weighted by molar-refractivity contribution is 7.93. The third kappa shape index (κ3) is 3.75. The van der Waals surface area contributed by atoms with Crippen LogP contribution in [0.1, 0.15) is 16.1 Å². The Kier molecular flexibility index (Phi) is 4.57. The number of aromatic nitrogens is 1. The van der Waals surface area contributed by atoms with Crippen molar-refractivity contribution in [3.05, 3.63) is 52.5 Å².